The molecule has 3 aromatic rings. The van der Waals surface area contributed by atoms with Crippen LogP contribution < -0.4 is 22.7 Å². The number of nitrogens with one attached hydrogen (secondary N) is 1. The van der Waals surface area contributed by atoms with Gasteiger partial charge in [0, 0.05) is 6.20 Å². The number of nitrogens with zero attached hydrogens (tertiary/aromatic N) is 4. The summed E-state index contributed by atoms with van der Waals surface area (Å²) in [5.41, 5.74) is 10.4. The second-order valence-electron chi connectivity index (χ2n) is 4.38. The minimum absolute atomic E-state index is 0.00377. The van der Waals surface area contributed by atoms with Crippen molar-refractivity contribution < 1.29 is 0 Å². The van der Waals surface area contributed by atoms with Crippen LogP contribution in [-0.2, 0) is 0 Å². The molecule has 2 heterocycles. The molecule has 0 saturated carbocycles. The Balaban J connectivity index is 2.25. The SMILES string of the molecule is Nc1nc(N)nc(-c2cn(-c3ccccc3)c(=O)[nH]c2=O)n1. The van der Waals surface area contributed by atoms with Crippen LogP contribution in [0.2, 0.25) is 0 Å². The first-order valence-electron chi connectivity index (χ1n) is 6.23. The third-order valence-electron chi connectivity index (χ3n) is 2.89. The molecule has 9 nitrogen and oxygen atoms in total. The molecule has 0 saturated heterocycles. The van der Waals surface area contributed by atoms with E-state index in [-0.39, 0.29) is 23.3 Å². The Labute approximate surface area is 123 Å². The van der Waals surface area contributed by atoms with Crippen molar-refractivity contribution in [3.8, 4) is 17.1 Å². The topological polar surface area (TPSA) is 146 Å². The van der Waals surface area contributed by atoms with Gasteiger partial charge < -0.3 is 11.5 Å². The summed E-state index contributed by atoms with van der Waals surface area (Å²) in [5.74, 6) is -0.227. The molecule has 0 bridgehead atoms. The molecule has 0 amide bonds. The fraction of sp³-hybridized carbons (Fsp3) is 0. The zero-order valence-corrected chi connectivity index (χ0v) is 11.2. The zero-order chi connectivity index (χ0) is 15.7. The summed E-state index contributed by atoms with van der Waals surface area (Å²) in [4.78, 5) is 37.6. The fourth-order valence-corrected chi connectivity index (χ4v) is 1.94. The van der Waals surface area contributed by atoms with E-state index < -0.39 is 11.2 Å². The van der Waals surface area contributed by atoms with Gasteiger partial charge in [-0.1, -0.05) is 18.2 Å². The molecule has 0 atom stereocenters. The molecule has 0 spiro atoms. The van der Waals surface area contributed by atoms with Gasteiger partial charge in [0.15, 0.2) is 5.82 Å². The molecule has 0 aliphatic rings. The van der Waals surface area contributed by atoms with E-state index in [0.29, 0.717) is 5.69 Å². The van der Waals surface area contributed by atoms with E-state index in [9.17, 15) is 9.59 Å². The molecule has 1 aromatic carbocycles. The lowest BCUT2D eigenvalue weighted by atomic mass is 10.3. The van der Waals surface area contributed by atoms with Crippen molar-refractivity contribution in [2.24, 2.45) is 0 Å². The van der Waals surface area contributed by atoms with Gasteiger partial charge in [-0.05, 0) is 12.1 Å². The van der Waals surface area contributed by atoms with Crippen LogP contribution in [0, 0.1) is 0 Å². The summed E-state index contributed by atoms with van der Waals surface area (Å²) < 4.78 is 1.27. The van der Waals surface area contributed by atoms with Gasteiger partial charge in [-0.15, -0.1) is 0 Å². The van der Waals surface area contributed by atoms with E-state index in [1.165, 1.54) is 10.8 Å². The number of nitrogens with two attached hydrogens (primary N) is 2. The monoisotopic (exact) mass is 297 g/mol. The molecule has 22 heavy (non-hydrogen) atoms. The van der Waals surface area contributed by atoms with Crippen LogP contribution in [0.5, 0.6) is 0 Å². The molecule has 0 aliphatic heterocycles. The van der Waals surface area contributed by atoms with Crippen LogP contribution in [0.4, 0.5) is 11.9 Å². The highest BCUT2D eigenvalue weighted by Gasteiger charge is 2.12. The van der Waals surface area contributed by atoms with Crippen LogP contribution >= 0.6 is 0 Å². The van der Waals surface area contributed by atoms with Gasteiger partial charge in [0.05, 0.1) is 5.69 Å². The van der Waals surface area contributed by atoms with Crippen LogP contribution in [-0.4, -0.2) is 24.5 Å². The van der Waals surface area contributed by atoms with Gasteiger partial charge in [-0.25, -0.2) is 4.79 Å². The first kappa shape index (κ1) is 13.5. The summed E-state index contributed by atoms with van der Waals surface area (Å²) in [5, 5.41) is 0. The first-order chi connectivity index (χ1) is 10.5. The number of H-pyrrole nitrogens is 1. The molecule has 0 unspecified atom stereocenters. The van der Waals surface area contributed by atoms with Gasteiger partial charge in [-0.3, -0.25) is 14.3 Å². The first-order valence-corrected chi connectivity index (χ1v) is 6.23. The molecule has 110 valence electrons. The lowest BCUT2D eigenvalue weighted by Crippen LogP contribution is -2.30. The van der Waals surface area contributed by atoms with Crippen molar-refractivity contribution in [2.45, 2.75) is 0 Å². The quantitative estimate of drug-likeness (QED) is 0.580. The normalized spacial score (nSPS) is 10.5. The Kier molecular flexibility index (Phi) is 3.14. The average molecular weight is 297 g/mol. The Morgan fingerprint density at radius 2 is 1.59 bits per heavy atom. The molecule has 2 aromatic heterocycles. The van der Waals surface area contributed by atoms with Gasteiger partial charge in [0.2, 0.25) is 11.9 Å². The smallest absolute Gasteiger partial charge is 0.332 e. The number of nitrogen functional groups attached to an aromatic ring is 2. The largest absolute Gasteiger partial charge is 0.368 e. The summed E-state index contributed by atoms with van der Waals surface area (Å²) in [6.07, 6.45) is 1.34. The number of aromatic amines is 1. The highest BCUT2D eigenvalue weighted by molar-refractivity contribution is 5.55. The third-order valence-corrected chi connectivity index (χ3v) is 2.89. The standard InChI is InChI=1S/C13H11N7O2/c14-11-16-9(17-12(15)19-11)8-6-20(13(22)18-10(8)21)7-4-2-1-3-5-7/h1-6H,(H,18,21,22)(H4,14,15,16,17,19). The number of aromatic nitrogens is 5. The van der Waals surface area contributed by atoms with Crippen molar-refractivity contribution in [3.05, 3.63) is 57.4 Å². The van der Waals surface area contributed by atoms with E-state index >= 15 is 0 Å². The number of benzene rings is 1. The van der Waals surface area contributed by atoms with Gasteiger partial charge in [-0.2, -0.15) is 15.0 Å². The average Bonchev–Trinajstić information content (AvgIpc) is 2.47. The maximum absolute atomic E-state index is 12.0. The Bertz CT molecular complexity index is 926. The van der Waals surface area contributed by atoms with Crippen LogP contribution in [0.1, 0.15) is 0 Å². The molecule has 0 radical (unpaired) electrons. The van der Waals surface area contributed by atoms with E-state index in [1.54, 1.807) is 24.3 Å². The van der Waals surface area contributed by atoms with E-state index in [0.717, 1.165) is 0 Å². The Hall–Kier alpha value is -3.49. The highest BCUT2D eigenvalue weighted by Crippen LogP contribution is 2.12. The van der Waals surface area contributed by atoms with Crippen molar-refractivity contribution >= 4 is 11.9 Å². The van der Waals surface area contributed by atoms with Crippen molar-refractivity contribution in [1.29, 1.82) is 0 Å². The molecule has 0 aliphatic carbocycles. The van der Waals surface area contributed by atoms with Gasteiger partial charge >= 0.3 is 5.69 Å². The minimum atomic E-state index is -0.637. The maximum Gasteiger partial charge on any atom is 0.332 e. The number of rotatable bonds is 2. The molecular formula is C13H11N7O2. The summed E-state index contributed by atoms with van der Waals surface area (Å²) in [7, 11) is 0. The van der Waals surface area contributed by atoms with Crippen molar-refractivity contribution in [2.75, 3.05) is 11.5 Å². The number of para-hydroxylation sites is 1. The maximum atomic E-state index is 12.0. The third kappa shape index (κ3) is 2.42. The minimum Gasteiger partial charge on any atom is -0.368 e. The van der Waals surface area contributed by atoms with E-state index in [2.05, 4.69) is 19.9 Å². The van der Waals surface area contributed by atoms with E-state index in [4.69, 9.17) is 11.5 Å². The molecule has 3 rings (SSSR count). The second kappa shape index (κ2) is 5.13. The summed E-state index contributed by atoms with van der Waals surface area (Å²) in [6.45, 7) is 0. The zero-order valence-electron chi connectivity index (χ0n) is 11.2. The number of hydrogen-bond acceptors (Lipinski definition) is 7. The van der Waals surface area contributed by atoms with Crippen molar-refractivity contribution in [1.82, 2.24) is 24.5 Å². The highest BCUT2D eigenvalue weighted by atomic mass is 16.2. The number of anilines is 2. The fourth-order valence-electron chi connectivity index (χ4n) is 1.94. The summed E-state index contributed by atoms with van der Waals surface area (Å²) >= 11 is 0. The molecule has 9 heteroatoms. The van der Waals surface area contributed by atoms with Crippen LogP contribution in [0.15, 0.2) is 46.1 Å². The predicted molar refractivity (Wildman–Crippen MR) is 80.3 cm³/mol. The lowest BCUT2D eigenvalue weighted by molar-refractivity contribution is 0.893. The molecular weight excluding hydrogens is 286 g/mol. The Morgan fingerprint density at radius 1 is 0.955 bits per heavy atom. The second-order valence-corrected chi connectivity index (χ2v) is 4.38. The predicted octanol–water partition coefficient (Wildman–Crippen LogP) is -0.458. The van der Waals surface area contributed by atoms with Gasteiger partial charge in [0.25, 0.3) is 5.56 Å². The molecule has 5 N–H and O–H groups in total. The summed E-state index contributed by atoms with van der Waals surface area (Å²) in [6, 6.07) is 8.80. The van der Waals surface area contributed by atoms with Crippen LogP contribution in [0.3, 0.4) is 0 Å². The molecule has 0 fully saturated rings. The number of hydrogen-bond donors (Lipinski definition) is 3. The Morgan fingerprint density at radius 3 is 2.23 bits per heavy atom. The van der Waals surface area contributed by atoms with Crippen molar-refractivity contribution in [3.63, 3.8) is 0 Å². The van der Waals surface area contributed by atoms with E-state index in [1.807, 2.05) is 6.07 Å². The lowest BCUT2D eigenvalue weighted by Gasteiger charge is -2.07. The van der Waals surface area contributed by atoms with Crippen LogP contribution in [0.25, 0.3) is 17.1 Å². The van der Waals surface area contributed by atoms with Gasteiger partial charge in [0.1, 0.15) is 5.56 Å².